The molecule has 0 bridgehead atoms. The van der Waals surface area contributed by atoms with Gasteiger partial charge in [-0.3, -0.25) is 15.6 Å². The Morgan fingerprint density at radius 2 is 2.00 bits per heavy atom. The first-order valence-electron chi connectivity index (χ1n) is 6.21. The molecule has 7 N–H and O–H groups in total. The molecular formula is C12H13Cl2N7O2. The number of nitrogen functional groups attached to an aromatic ring is 2. The summed E-state index contributed by atoms with van der Waals surface area (Å²) < 4.78 is 5.28. The maximum absolute atomic E-state index is 11.7. The van der Waals surface area contributed by atoms with Crippen LogP contribution in [0.5, 0.6) is 5.75 Å². The molecule has 0 aliphatic heterocycles. The summed E-state index contributed by atoms with van der Waals surface area (Å²) in [6.45, 7) is -0.276. The fourth-order valence-electron chi connectivity index (χ4n) is 1.51. The molecule has 9 nitrogen and oxygen atoms in total. The van der Waals surface area contributed by atoms with Gasteiger partial charge in [0.2, 0.25) is 0 Å². The van der Waals surface area contributed by atoms with Crippen LogP contribution in [-0.4, -0.2) is 22.5 Å². The number of hydrogen-bond donors (Lipinski definition) is 5. The lowest BCUT2D eigenvalue weighted by Crippen LogP contribution is -2.34. The molecule has 11 heteroatoms. The topological polar surface area (TPSA) is 140 Å². The summed E-state index contributed by atoms with van der Waals surface area (Å²) in [6.07, 6.45) is 1.23. The minimum Gasteiger partial charge on any atom is -0.482 e. The SMILES string of the molecule is NNc1ncnc(NNC(=O)COc2ccc(Cl)cc2Cl)c1N. The van der Waals surface area contributed by atoms with Crippen LogP contribution in [-0.2, 0) is 4.79 Å². The minimum atomic E-state index is -0.476. The van der Waals surface area contributed by atoms with Crippen molar-refractivity contribution in [3.63, 3.8) is 0 Å². The second-order valence-corrected chi connectivity index (χ2v) is 5.01. The third-order valence-corrected chi connectivity index (χ3v) is 3.12. The Bertz CT molecular complexity index is 714. The van der Waals surface area contributed by atoms with Gasteiger partial charge in [0.05, 0.1) is 5.02 Å². The lowest BCUT2D eigenvalue weighted by molar-refractivity contribution is -0.122. The van der Waals surface area contributed by atoms with Crippen molar-refractivity contribution in [2.24, 2.45) is 5.84 Å². The number of halogens is 2. The molecule has 0 unspecified atom stereocenters. The summed E-state index contributed by atoms with van der Waals surface area (Å²) in [6, 6.07) is 4.67. The summed E-state index contributed by atoms with van der Waals surface area (Å²) >= 11 is 11.7. The van der Waals surface area contributed by atoms with Gasteiger partial charge in [-0.15, -0.1) is 0 Å². The van der Waals surface area contributed by atoms with Crippen LogP contribution in [0.25, 0.3) is 0 Å². The standard InChI is InChI=1S/C12H13Cl2N7O2/c13-6-1-2-8(7(14)3-6)23-4-9(22)20-21-12-10(15)11(19-16)17-5-18-12/h1-3,5H,4,15-16H2,(H,20,22)(H2,17,18,19,21). The molecule has 0 radical (unpaired) electrons. The number of nitrogens with zero attached hydrogens (tertiary/aromatic N) is 2. The van der Waals surface area contributed by atoms with Gasteiger partial charge in [0, 0.05) is 5.02 Å². The summed E-state index contributed by atoms with van der Waals surface area (Å²) in [5.74, 6) is 5.50. The summed E-state index contributed by atoms with van der Waals surface area (Å²) in [7, 11) is 0. The number of nitrogens with two attached hydrogens (primary N) is 2. The molecule has 1 heterocycles. The first kappa shape index (κ1) is 16.9. The first-order valence-corrected chi connectivity index (χ1v) is 6.96. The summed E-state index contributed by atoms with van der Waals surface area (Å²) in [5, 5.41) is 0.772. The largest absolute Gasteiger partial charge is 0.482 e. The number of rotatable bonds is 6. The molecule has 0 saturated heterocycles. The van der Waals surface area contributed by atoms with Crippen molar-refractivity contribution in [2.45, 2.75) is 0 Å². The number of anilines is 3. The highest BCUT2D eigenvalue weighted by molar-refractivity contribution is 6.35. The molecule has 2 rings (SSSR count). The molecular weight excluding hydrogens is 345 g/mol. The normalized spacial score (nSPS) is 10.0. The monoisotopic (exact) mass is 357 g/mol. The quantitative estimate of drug-likeness (QED) is 0.383. The van der Waals surface area contributed by atoms with E-state index in [2.05, 4.69) is 26.2 Å². The minimum absolute atomic E-state index is 0.150. The molecule has 122 valence electrons. The first-order chi connectivity index (χ1) is 11.0. The van der Waals surface area contributed by atoms with Crippen LogP contribution >= 0.6 is 23.2 Å². The van der Waals surface area contributed by atoms with Gasteiger partial charge in [-0.25, -0.2) is 15.8 Å². The molecule has 0 atom stereocenters. The Morgan fingerprint density at radius 3 is 2.70 bits per heavy atom. The zero-order valence-corrected chi connectivity index (χ0v) is 13.1. The predicted molar refractivity (Wildman–Crippen MR) is 88.0 cm³/mol. The molecule has 0 fully saturated rings. The maximum atomic E-state index is 11.7. The van der Waals surface area contributed by atoms with Crippen LogP contribution < -0.4 is 32.6 Å². The van der Waals surface area contributed by atoms with E-state index in [1.165, 1.54) is 12.4 Å². The number of benzene rings is 1. The van der Waals surface area contributed by atoms with Crippen LogP contribution in [0.4, 0.5) is 17.3 Å². The van der Waals surface area contributed by atoms with Crippen molar-refractivity contribution < 1.29 is 9.53 Å². The third kappa shape index (κ3) is 4.49. The van der Waals surface area contributed by atoms with Gasteiger partial charge in [0.15, 0.2) is 18.2 Å². The van der Waals surface area contributed by atoms with Crippen molar-refractivity contribution in [3.8, 4) is 5.75 Å². The van der Waals surface area contributed by atoms with E-state index >= 15 is 0 Å². The fraction of sp³-hybridized carbons (Fsp3) is 0.0833. The van der Waals surface area contributed by atoms with E-state index in [1.807, 2.05) is 0 Å². The molecule has 0 aliphatic carbocycles. The lowest BCUT2D eigenvalue weighted by Gasteiger charge is -2.12. The maximum Gasteiger partial charge on any atom is 0.276 e. The number of amides is 1. The molecule has 1 amide bonds. The second kappa shape index (κ2) is 7.68. The van der Waals surface area contributed by atoms with Gasteiger partial charge >= 0.3 is 0 Å². The van der Waals surface area contributed by atoms with Crippen molar-refractivity contribution in [2.75, 3.05) is 23.2 Å². The van der Waals surface area contributed by atoms with Gasteiger partial charge in [0.25, 0.3) is 5.91 Å². The van der Waals surface area contributed by atoms with E-state index in [1.54, 1.807) is 12.1 Å². The highest BCUT2D eigenvalue weighted by Crippen LogP contribution is 2.27. The van der Waals surface area contributed by atoms with Crippen molar-refractivity contribution in [1.82, 2.24) is 15.4 Å². The lowest BCUT2D eigenvalue weighted by atomic mass is 10.3. The van der Waals surface area contributed by atoms with Gasteiger partial charge in [-0.05, 0) is 18.2 Å². The number of hydrazine groups is 2. The van der Waals surface area contributed by atoms with E-state index < -0.39 is 5.91 Å². The number of hydrogen-bond acceptors (Lipinski definition) is 8. The predicted octanol–water partition coefficient (Wildman–Crippen LogP) is 1.17. The Kier molecular flexibility index (Phi) is 5.63. The van der Waals surface area contributed by atoms with Crippen LogP contribution in [0.1, 0.15) is 0 Å². The molecule has 23 heavy (non-hydrogen) atoms. The number of carbonyl (C=O) groups excluding carboxylic acids is 1. The summed E-state index contributed by atoms with van der Waals surface area (Å²) in [4.78, 5) is 19.4. The highest BCUT2D eigenvalue weighted by atomic mass is 35.5. The molecule has 0 aliphatic rings. The summed E-state index contributed by atoms with van der Waals surface area (Å²) in [5.41, 5.74) is 13.1. The third-order valence-electron chi connectivity index (χ3n) is 2.59. The van der Waals surface area contributed by atoms with Gasteiger partial charge in [0.1, 0.15) is 17.8 Å². The second-order valence-electron chi connectivity index (χ2n) is 4.17. The molecule has 0 saturated carbocycles. The number of nitrogens with one attached hydrogen (secondary N) is 3. The highest BCUT2D eigenvalue weighted by Gasteiger charge is 2.09. The van der Waals surface area contributed by atoms with Crippen LogP contribution in [0, 0.1) is 0 Å². The van der Waals surface area contributed by atoms with Crippen LogP contribution in [0.15, 0.2) is 24.5 Å². The van der Waals surface area contributed by atoms with E-state index in [0.717, 1.165) is 0 Å². The van der Waals surface area contributed by atoms with Crippen molar-refractivity contribution in [3.05, 3.63) is 34.6 Å². The Hall–Kier alpha value is -2.49. The average molecular weight is 358 g/mol. The van der Waals surface area contributed by atoms with E-state index in [0.29, 0.717) is 15.8 Å². The number of carbonyl (C=O) groups is 1. The van der Waals surface area contributed by atoms with Crippen molar-refractivity contribution in [1.29, 1.82) is 0 Å². The number of aromatic nitrogens is 2. The molecule has 2 aromatic rings. The van der Waals surface area contributed by atoms with Gasteiger partial charge in [-0.1, -0.05) is 23.2 Å². The zero-order valence-electron chi connectivity index (χ0n) is 11.6. The Balaban J connectivity index is 1.88. The average Bonchev–Trinajstić information content (AvgIpc) is 2.53. The van der Waals surface area contributed by atoms with E-state index in [-0.39, 0.29) is 23.9 Å². The zero-order chi connectivity index (χ0) is 16.8. The van der Waals surface area contributed by atoms with Crippen molar-refractivity contribution >= 4 is 46.4 Å². The molecule has 0 spiro atoms. The smallest absolute Gasteiger partial charge is 0.276 e. The Labute approximate surface area is 141 Å². The van der Waals surface area contributed by atoms with E-state index in [4.69, 9.17) is 39.5 Å². The molecule has 1 aromatic heterocycles. The van der Waals surface area contributed by atoms with Gasteiger partial charge in [-0.2, -0.15) is 0 Å². The fourth-order valence-corrected chi connectivity index (χ4v) is 1.97. The Morgan fingerprint density at radius 1 is 1.26 bits per heavy atom. The van der Waals surface area contributed by atoms with Crippen LogP contribution in [0.3, 0.4) is 0 Å². The number of ether oxygens (including phenoxy) is 1. The van der Waals surface area contributed by atoms with Crippen LogP contribution in [0.2, 0.25) is 10.0 Å². The molecule has 1 aromatic carbocycles. The van der Waals surface area contributed by atoms with Gasteiger partial charge < -0.3 is 15.9 Å². The van der Waals surface area contributed by atoms with E-state index in [9.17, 15) is 4.79 Å².